The summed E-state index contributed by atoms with van der Waals surface area (Å²) in [5.74, 6) is -1.90. The van der Waals surface area contributed by atoms with E-state index in [1.807, 2.05) is 0 Å². The molecule has 3 aromatic rings. The number of urea groups is 1. The Bertz CT molecular complexity index is 1270. The first-order valence-electron chi connectivity index (χ1n) is 9.91. The minimum Gasteiger partial charge on any atom is -0.505 e. The second-order valence-corrected chi connectivity index (χ2v) is 7.45. The van der Waals surface area contributed by atoms with E-state index in [1.54, 1.807) is 30.3 Å². The van der Waals surface area contributed by atoms with Gasteiger partial charge >= 0.3 is 18.2 Å². The third-order valence-corrected chi connectivity index (χ3v) is 4.96. The van der Waals surface area contributed by atoms with Crippen LogP contribution in [0.4, 0.5) is 23.7 Å². The topological polar surface area (TPSA) is 121 Å². The summed E-state index contributed by atoms with van der Waals surface area (Å²) in [6, 6.07) is 9.93. The van der Waals surface area contributed by atoms with Crippen molar-refractivity contribution in [2.24, 2.45) is 7.05 Å². The molecular formula is C23H20F3N3O5. The molecule has 4 N–H and O–H groups in total. The quantitative estimate of drug-likeness (QED) is 0.428. The van der Waals surface area contributed by atoms with Gasteiger partial charge in [-0.2, -0.15) is 13.2 Å². The van der Waals surface area contributed by atoms with Crippen molar-refractivity contribution >= 4 is 17.7 Å². The summed E-state index contributed by atoms with van der Waals surface area (Å²) in [4.78, 5) is 36.1. The Labute approximate surface area is 191 Å². The number of benzene rings is 2. The molecule has 2 amide bonds. The zero-order chi connectivity index (χ0) is 25.0. The Morgan fingerprint density at radius 2 is 1.74 bits per heavy atom. The standard InChI is InChI=1S/C23H20F3N3O5/c1-29-8-7-18(30)20(21(29)33)28-22(34)27-17(12-19(31)32)15-9-14(13-5-3-2-4-6-13)10-16(11-15)23(24,25)26/h2-11,17,30H,12H2,1H3,(H,31,32)(H2,27,28,34). The number of aromatic hydroxyl groups is 1. The number of halogens is 3. The lowest BCUT2D eigenvalue weighted by molar-refractivity contribution is -0.138. The molecule has 0 fully saturated rings. The van der Waals surface area contributed by atoms with E-state index in [4.69, 9.17) is 0 Å². The highest BCUT2D eigenvalue weighted by Gasteiger charge is 2.32. The van der Waals surface area contributed by atoms with E-state index in [1.165, 1.54) is 19.3 Å². The van der Waals surface area contributed by atoms with Gasteiger partial charge in [-0.25, -0.2) is 4.79 Å². The zero-order valence-electron chi connectivity index (χ0n) is 17.8. The molecule has 1 aromatic heterocycles. The molecule has 11 heteroatoms. The SMILES string of the molecule is Cn1ccc(O)c(NC(=O)NC(CC(=O)O)c2cc(-c3ccccc3)cc(C(F)(F)F)c2)c1=O. The van der Waals surface area contributed by atoms with E-state index in [9.17, 15) is 37.8 Å². The van der Waals surface area contributed by atoms with Crippen molar-refractivity contribution in [3.05, 3.63) is 82.3 Å². The second kappa shape index (κ2) is 9.69. The minimum absolute atomic E-state index is 0.101. The molecule has 1 heterocycles. The number of aryl methyl sites for hydroxylation is 1. The summed E-state index contributed by atoms with van der Waals surface area (Å²) in [6.07, 6.45) is -4.19. The van der Waals surface area contributed by atoms with Crippen molar-refractivity contribution in [1.82, 2.24) is 9.88 Å². The summed E-state index contributed by atoms with van der Waals surface area (Å²) in [7, 11) is 1.38. The molecular weight excluding hydrogens is 455 g/mol. The number of pyridine rings is 1. The first kappa shape index (κ1) is 24.4. The molecule has 0 aliphatic rings. The fraction of sp³-hybridized carbons (Fsp3) is 0.174. The van der Waals surface area contributed by atoms with Gasteiger partial charge in [-0.15, -0.1) is 0 Å². The summed E-state index contributed by atoms with van der Waals surface area (Å²) in [6.45, 7) is 0. The van der Waals surface area contributed by atoms with Crippen LogP contribution in [0, 0.1) is 0 Å². The molecule has 2 aromatic carbocycles. The Kier molecular flexibility index (Phi) is 6.94. The minimum atomic E-state index is -4.72. The van der Waals surface area contributed by atoms with Gasteiger partial charge in [-0.05, 0) is 41.0 Å². The average Bonchev–Trinajstić information content (AvgIpc) is 2.78. The van der Waals surface area contributed by atoms with Crippen molar-refractivity contribution in [1.29, 1.82) is 0 Å². The van der Waals surface area contributed by atoms with E-state index in [-0.39, 0.29) is 11.1 Å². The second-order valence-electron chi connectivity index (χ2n) is 7.45. The van der Waals surface area contributed by atoms with Crippen LogP contribution < -0.4 is 16.2 Å². The average molecular weight is 475 g/mol. The highest BCUT2D eigenvalue weighted by molar-refractivity contribution is 5.91. The fourth-order valence-corrected chi connectivity index (χ4v) is 3.29. The van der Waals surface area contributed by atoms with E-state index >= 15 is 0 Å². The van der Waals surface area contributed by atoms with Gasteiger partial charge in [0, 0.05) is 13.2 Å². The number of hydrogen-bond acceptors (Lipinski definition) is 4. The van der Waals surface area contributed by atoms with Crippen molar-refractivity contribution < 1.29 is 33.0 Å². The Morgan fingerprint density at radius 3 is 2.35 bits per heavy atom. The summed E-state index contributed by atoms with van der Waals surface area (Å²) in [5, 5.41) is 23.6. The number of aromatic nitrogens is 1. The fourth-order valence-electron chi connectivity index (χ4n) is 3.29. The maximum Gasteiger partial charge on any atom is 0.416 e. The molecule has 1 atom stereocenters. The van der Waals surface area contributed by atoms with Gasteiger partial charge in [-0.1, -0.05) is 30.3 Å². The number of rotatable bonds is 6. The highest BCUT2D eigenvalue weighted by atomic mass is 19.4. The van der Waals surface area contributed by atoms with Crippen LogP contribution in [0.15, 0.2) is 65.6 Å². The summed E-state index contributed by atoms with van der Waals surface area (Å²) >= 11 is 0. The first-order valence-corrected chi connectivity index (χ1v) is 9.91. The number of alkyl halides is 3. The molecule has 8 nitrogen and oxygen atoms in total. The lowest BCUT2D eigenvalue weighted by atomic mass is 9.95. The van der Waals surface area contributed by atoms with E-state index in [2.05, 4.69) is 10.6 Å². The number of amides is 2. The van der Waals surface area contributed by atoms with E-state index in [0.29, 0.717) is 5.56 Å². The number of anilines is 1. The highest BCUT2D eigenvalue weighted by Crippen LogP contribution is 2.35. The number of nitrogens with one attached hydrogen (secondary N) is 2. The molecule has 0 spiro atoms. The third-order valence-electron chi connectivity index (χ3n) is 4.96. The normalized spacial score (nSPS) is 12.1. The monoisotopic (exact) mass is 475 g/mol. The molecule has 1 unspecified atom stereocenters. The van der Waals surface area contributed by atoms with Crippen LogP contribution >= 0.6 is 0 Å². The largest absolute Gasteiger partial charge is 0.505 e. The van der Waals surface area contributed by atoms with Crippen LogP contribution in [0.2, 0.25) is 0 Å². The smallest absolute Gasteiger partial charge is 0.416 e. The maximum atomic E-state index is 13.6. The summed E-state index contributed by atoms with van der Waals surface area (Å²) < 4.78 is 41.8. The number of carboxylic acid groups (broad SMARTS) is 1. The number of nitrogens with zero attached hydrogens (tertiary/aromatic N) is 1. The molecule has 0 bridgehead atoms. The van der Waals surface area contributed by atoms with Crippen molar-refractivity contribution in [3.63, 3.8) is 0 Å². The lowest BCUT2D eigenvalue weighted by Gasteiger charge is -2.21. The van der Waals surface area contributed by atoms with Crippen LogP contribution in [0.1, 0.15) is 23.6 Å². The third kappa shape index (κ3) is 5.74. The van der Waals surface area contributed by atoms with Gasteiger partial charge in [0.15, 0.2) is 5.69 Å². The predicted molar refractivity (Wildman–Crippen MR) is 117 cm³/mol. The van der Waals surface area contributed by atoms with Crippen molar-refractivity contribution in [2.75, 3.05) is 5.32 Å². The van der Waals surface area contributed by atoms with Gasteiger partial charge < -0.3 is 25.4 Å². The van der Waals surface area contributed by atoms with Crippen LogP contribution in [0.5, 0.6) is 5.75 Å². The Hall–Kier alpha value is -4.28. The van der Waals surface area contributed by atoms with Crippen molar-refractivity contribution in [3.8, 4) is 16.9 Å². The van der Waals surface area contributed by atoms with Crippen LogP contribution in [-0.2, 0) is 18.0 Å². The van der Waals surface area contributed by atoms with E-state index in [0.717, 1.165) is 22.8 Å². The van der Waals surface area contributed by atoms with Crippen LogP contribution in [-0.4, -0.2) is 26.8 Å². The number of hydrogen-bond donors (Lipinski definition) is 4. The van der Waals surface area contributed by atoms with Gasteiger partial charge in [0.1, 0.15) is 5.75 Å². The molecule has 0 radical (unpaired) electrons. The Balaban J connectivity index is 2.00. The van der Waals surface area contributed by atoms with Crippen LogP contribution in [0.3, 0.4) is 0 Å². The van der Waals surface area contributed by atoms with E-state index < -0.39 is 53.2 Å². The summed E-state index contributed by atoms with van der Waals surface area (Å²) in [5.41, 5.74) is -1.68. The van der Waals surface area contributed by atoms with Gasteiger partial charge in [0.25, 0.3) is 5.56 Å². The van der Waals surface area contributed by atoms with Crippen LogP contribution in [0.25, 0.3) is 11.1 Å². The number of carbonyl (C=O) groups excluding carboxylic acids is 1. The number of aliphatic carboxylic acids is 1. The number of carboxylic acids is 1. The van der Waals surface area contributed by atoms with Crippen molar-refractivity contribution in [2.45, 2.75) is 18.6 Å². The molecule has 0 saturated carbocycles. The molecule has 34 heavy (non-hydrogen) atoms. The molecule has 0 saturated heterocycles. The zero-order valence-corrected chi connectivity index (χ0v) is 17.8. The molecule has 0 aliphatic heterocycles. The molecule has 3 rings (SSSR count). The van der Waals surface area contributed by atoms with Gasteiger partial charge in [0.05, 0.1) is 18.0 Å². The molecule has 178 valence electrons. The lowest BCUT2D eigenvalue weighted by Crippen LogP contribution is -2.36. The Morgan fingerprint density at radius 1 is 1.06 bits per heavy atom. The maximum absolute atomic E-state index is 13.6. The first-order chi connectivity index (χ1) is 16.0. The van der Waals surface area contributed by atoms with Gasteiger partial charge in [0.2, 0.25) is 0 Å². The predicted octanol–water partition coefficient (Wildman–Crippen LogP) is 4.11. The van der Waals surface area contributed by atoms with Gasteiger partial charge in [-0.3, -0.25) is 9.59 Å². The molecule has 0 aliphatic carbocycles. The number of carbonyl (C=O) groups is 2.